The highest BCUT2D eigenvalue weighted by molar-refractivity contribution is 5.48. The van der Waals surface area contributed by atoms with E-state index in [-0.39, 0.29) is 6.04 Å². The summed E-state index contributed by atoms with van der Waals surface area (Å²) in [6.45, 7) is 1.12. The molecule has 0 fully saturated rings. The number of hydrazine groups is 1. The van der Waals surface area contributed by atoms with Crippen LogP contribution in [0.3, 0.4) is 0 Å². The molecule has 0 aliphatic carbocycles. The number of methoxy groups -OCH3 is 1. The van der Waals surface area contributed by atoms with Gasteiger partial charge >= 0.3 is 0 Å². The Balaban J connectivity index is 2.00. The highest BCUT2D eigenvalue weighted by Crippen LogP contribution is 2.35. The molecule has 0 spiro atoms. The molecule has 0 saturated carbocycles. The third kappa shape index (κ3) is 2.63. The van der Waals surface area contributed by atoms with Crippen LogP contribution in [0.5, 0.6) is 17.2 Å². The predicted molar refractivity (Wildman–Crippen MR) is 77.4 cm³/mol. The van der Waals surface area contributed by atoms with E-state index in [0.717, 1.165) is 22.6 Å². The monoisotopic (exact) mass is 287 g/mol. The van der Waals surface area contributed by atoms with Crippen LogP contribution in [0.2, 0.25) is 0 Å². The molecule has 1 aromatic heterocycles. The van der Waals surface area contributed by atoms with E-state index in [0.29, 0.717) is 19.0 Å². The third-order valence-corrected chi connectivity index (χ3v) is 3.41. The molecule has 0 amide bonds. The number of hydrogen-bond donors (Lipinski definition) is 2. The third-order valence-electron chi connectivity index (χ3n) is 3.41. The van der Waals surface area contributed by atoms with Gasteiger partial charge in [0.25, 0.3) is 0 Å². The summed E-state index contributed by atoms with van der Waals surface area (Å²) in [6.07, 6.45) is 3.37. The molecule has 1 aliphatic heterocycles. The Hall–Kier alpha value is -2.31. The topological polar surface area (TPSA) is 78.6 Å². The molecular weight excluding hydrogens is 270 g/mol. The zero-order chi connectivity index (χ0) is 14.7. The standard InChI is InChI=1S/C15H17N3O3/c1-19-14-9-17-5-4-11(14)15(18-16)10-2-3-12-13(8-10)21-7-6-20-12/h2-5,8-9,15,18H,6-7,16H2,1H3. The first-order valence-corrected chi connectivity index (χ1v) is 6.67. The minimum absolute atomic E-state index is 0.223. The lowest BCUT2D eigenvalue weighted by Crippen LogP contribution is -2.29. The van der Waals surface area contributed by atoms with E-state index < -0.39 is 0 Å². The van der Waals surface area contributed by atoms with Gasteiger partial charge in [0.15, 0.2) is 11.5 Å². The summed E-state index contributed by atoms with van der Waals surface area (Å²) in [5, 5.41) is 0. The van der Waals surface area contributed by atoms with E-state index in [1.165, 1.54) is 0 Å². The fraction of sp³-hybridized carbons (Fsp3) is 0.267. The molecule has 3 rings (SSSR count). The quantitative estimate of drug-likeness (QED) is 0.654. The molecular formula is C15H17N3O3. The van der Waals surface area contributed by atoms with Crippen molar-refractivity contribution < 1.29 is 14.2 Å². The minimum Gasteiger partial charge on any atom is -0.495 e. The van der Waals surface area contributed by atoms with Crippen molar-refractivity contribution in [2.45, 2.75) is 6.04 Å². The Morgan fingerprint density at radius 2 is 2.05 bits per heavy atom. The van der Waals surface area contributed by atoms with Crippen LogP contribution in [0.15, 0.2) is 36.7 Å². The van der Waals surface area contributed by atoms with Gasteiger partial charge < -0.3 is 14.2 Å². The summed E-state index contributed by atoms with van der Waals surface area (Å²) in [6, 6.07) is 7.43. The molecule has 1 atom stereocenters. The van der Waals surface area contributed by atoms with Crippen LogP contribution in [0.1, 0.15) is 17.2 Å². The molecule has 2 aromatic rings. The Morgan fingerprint density at radius 1 is 1.24 bits per heavy atom. The molecule has 3 N–H and O–H groups in total. The maximum absolute atomic E-state index is 5.74. The number of nitrogens with two attached hydrogens (primary N) is 1. The van der Waals surface area contributed by atoms with Crippen molar-refractivity contribution in [3.63, 3.8) is 0 Å². The van der Waals surface area contributed by atoms with Crippen LogP contribution in [0.25, 0.3) is 0 Å². The van der Waals surface area contributed by atoms with Crippen LogP contribution < -0.4 is 25.5 Å². The number of aromatic nitrogens is 1. The van der Waals surface area contributed by atoms with Gasteiger partial charge in [0, 0.05) is 11.8 Å². The van der Waals surface area contributed by atoms with Crippen LogP contribution in [-0.2, 0) is 0 Å². The predicted octanol–water partition coefficient (Wildman–Crippen LogP) is 1.41. The van der Waals surface area contributed by atoms with Crippen molar-refractivity contribution in [1.29, 1.82) is 0 Å². The van der Waals surface area contributed by atoms with Gasteiger partial charge in [-0.05, 0) is 23.8 Å². The number of benzene rings is 1. The Morgan fingerprint density at radius 3 is 2.81 bits per heavy atom. The van der Waals surface area contributed by atoms with E-state index >= 15 is 0 Å². The first-order valence-electron chi connectivity index (χ1n) is 6.67. The second kappa shape index (κ2) is 5.99. The smallest absolute Gasteiger partial charge is 0.161 e. The molecule has 6 heteroatoms. The van der Waals surface area contributed by atoms with Crippen molar-refractivity contribution in [3.05, 3.63) is 47.8 Å². The van der Waals surface area contributed by atoms with E-state index in [4.69, 9.17) is 20.1 Å². The maximum Gasteiger partial charge on any atom is 0.161 e. The zero-order valence-corrected chi connectivity index (χ0v) is 11.7. The van der Waals surface area contributed by atoms with Crippen LogP contribution in [0.4, 0.5) is 0 Å². The summed E-state index contributed by atoms with van der Waals surface area (Å²) in [7, 11) is 1.61. The number of rotatable bonds is 4. The number of hydrogen-bond acceptors (Lipinski definition) is 6. The molecule has 1 unspecified atom stereocenters. The average Bonchev–Trinajstić information content (AvgIpc) is 2.56. The second-order valence-electron chi connectivity index (χ2n) is 4.62. The van der Waals surface area contributed by atoms with Crippen molar-refractivity contribution in [2.75, 3.05) is 20.3 Å². The van der Waals surface area contributed by atoms with Crippen molar-refractivity contribution in [3.8, 4) is 17.2 Å². The van der Waals surface area contributed by atoms with Gasteiger partial charge in [-0.25, -0.2) is 5.43 Å². The Kier molecular flexibility index (Phi) is 3.89. The molecule has 0 radical (unpaired) electrons. The number of fused-ring (bicyclic) bond motifs is 1. The van der Waals surface area contributed by atoms with E-state index in [9.17, 15) is 0 Å². The molecule has 2 heterocycles. The summed E-state index contributed by atoms with van der Waals surface area (Å²) in [5.41, 5.74) is 4.69. The fourth-order valence-corrected chi connectivity index (χ4v) is 2.40. The SMILES string of the molecule is COc1cnccc1C(NN)c1ccc2c(c1)OCCO2. The molecule has 6 nitrogen and oxygen atoms in total. The number of ether oxygens (including phenoxy) is 3. The van der Waals surface area contributed by atoms with Gasteiger partial charge in [-0.2, -0.15) is 0 Å². The maximum atomic E-state index is 5.74. The van der Waals surface area contributed by atoms with Crippen LogP contribution in [-0.4, -0.2) is 25.3 Å². The van der Waals surface area contributed by atoms with Gasteiger partial charge in [-0.3, -0.25) is 10.8 Å². The van der Waals surface area contributed by atoms with Crippen molar-refractivity contribution in [1.82, 2.24) is 10.4 Å². The lowest BCUT2D eigenvalue weighted by atomic mass is 9.99. The highest BCUT2D eigenvalue weighted by Gasteiger charge is 2.20. The summed E-state index contributed by atoms with van der Waals surface area (Å²) in [5.74, 6) is 7.90. The summed E-state index contributed by atoms with van der Waals surface area (Å²) in [4.78, 5) is 4.06. The van der Waals surface area contributed by atoms with Crippen LogP contribution in [0, 0.1) is 0 Å². The van der Waals surface area contributed by atoms with E-state index in [1.54, 1.807) is 19.5 Å². The largest absolute Gasteiger partial charge is 0.495 e. The number of nitrogens with zero attached hydrogens (tertiary/aromatic N) is 1. The molecule has 21 heavy (non-hydrogen) atoms. The molecule has 0 saturated heterocycles. The van der Waals surface area contributed by atoms with Gasteiger partial charge in [-0.15, -0.1) is 0 Å². The van der Waals surface area contributed by atoms with Crippen molar-refractivity contribution in [2.24, 2.45) is 5.84 Å². The number of nitrogens with one attached hydrogen (secondary N) is 1. The second-order valence-corrected chi connectivity index (χ2v) is 4.62. The Bertz CT molecular complexity index is 633. The zero-order valence-electron chi connectivity index (χ0n) is 11.7. The molecule has 0 bridgehead atoms. The molecule has 110 valence electrons. The van der Waals surface area contributed by atoms with Gasteiger partial charge in [0.2, 0.25) is 0 Å². The van der Waals surface area contributed by atoms with Gasteiger partial charge in [0.05, 0.1) is 19.3 Å². The number of pyridine rings is 1. The lowest BCUT2D eigenvalue weighted by Gasteiger charge is -2.23. The molecule has 1 aliphatic rings. The summed E-state index contributed by atoms with van der Waals surface area (Å²) >= 11 is 0. The van der Waals surface area contributed by atoms with E-state index in [2.05, 4.69) is 10.4 Å². The van der Waals surface area contributed by atoms with Gasteiger partial charge in [-0.1, -0.05) is 6.07 Å². The van der Waals surface area contributed by atoms with Crippen LogP contribution >= 0.6 is 0 Å². The lowest BCUT2D eigenvalue weighted by molar-refractivity contribution is 0.171. The van der Waals surface area contributed by atoms with Gasteiger partial charge in [0.1, 0.15) is 19.0 Å². The fourth-order valence-electron chi connectivity index (χ4n) is 2.40. The first-order chi connectivity index (χ1) is 10.3. The normalized spacial score (nSPS) is 14.6. The molecule has 1 aromatic carbocycles. The summed E-state index contributed by atoms with van der Waals surface area (Å²) < 4.78 is 16.5. The van der Waals surface area contributed by atoms with E-state index in [1.807, 2.05) is 24.3 Å². The first kappa shape index (κ1) is 13.7. The highest BCUT2D eigenvalue weighted by atomic mass is 16.6. The Labute approximate surface area is 122 Å². The average molecular weight is 287 g/mol. The van der Waals surface area contributed by atoms with Crippen molar-refractivity contribution >= 4 is 0 Å². The minimum atomic E-state index is -0.223.